The Balaban J connectivity index is 2.36. The molecule has 0 saturated carbocycles. The second-order valence-electron chi connectivity index (χ2n) is 3.97. The zero-order valence-electron chi connectivity index (χ0n) is 9.38. The van der Waals surface area contributed by atoms with Crippen molar-refractivity contribution < 1.29 is 10.2 Å². The minimum absolute atomic E-state index is 0.0680. The van der Waals surface area contributed by atoms with E-state index in [-0.39, 0.29) is 25.8 Å². The van der Waals surface area contributed by atoms with Gasteiger partial charge >= 0.3 is 0 Å². The lowest BCUT2D eigenvalue weighted by atomic mass is 10.0. The van der Waals surface area contributed by atoms with Crippen molar-refractivity contribution in [1.82, 2.24) is 0 Å². The van der Waals surface area contributed by atoms with Crippen LogP contribution < -0.4 is 5.11 Å². The molecule has 2 rings (SSSR count). The van der Waals surface area contributed by atoms with Crippen LogP contribution >= 0.6 is 46.4 Å². The van der Waals surface area contributed by atoms with Crippen molar-refractivity contribution in [3.05, 3.63) is 55.5 Å². The summed E-state index contributed by atoms with van der Waals surface area (Å²) in [7, 11) is 0. The van der Waals surface area contributed by atoms with Crippen molar-refractivity contribution in [2.45, 2.75) is 6.42 Å². The highest BCUT2D eigenvalue weighted by Gasteiger charge is 2.08. The molecule has 0 aliphatic rings. The van der Waals surface area contributed by atoms with Gasteiger partial charge in [0.05, 0.1) is 10.0 Å². The maximum absolute atomic E-state index is 11.4. The molecule has 0 aliphatic carbocycles. The molecule has 0 aliphatic heterocycles. The lowest BCUT2D eigenvalue weighted by Gasteiger charge is -2.13. The van der Waals surface area contributed by atoms with Gasteiger partial charge in [0.15, 0.2) is 5.75 Å². The lowest BCUT2D eigenvalue weighted by Crippen LogP contribution is -1.95. The molecule has 0 saturated heterocycles. The maximum atomic E-state index is 11.4. The first-order valence-corrected chi connectivity index (χ1v) is 6.71. The van der Waals surface area contributed by atoms with Gasteiger partial charge in [-0.2, -0.15) is 0 Å². The molecule has 2 aromatic carbocycles. The maximum Gasteiger partial charge on any atom is 0.152 e. The number of phenols is 1. The first-order chi connectivity index (χ1) is 8.88. The molecule has 0 atom stereocenters. The van der Waals surface area contributed by atoms with E-state index in [1.807, 2.05) is 0 Å². The van der Waals surface area contributed by atoms with Crippen molar-refractivity contribution in [3.63, 3.8) is 0 Å². The molecular formula is C13H7Cl4O2-. The highest BCUT2D eigenvalue weighted by Crippen LogP contribution is 2.35. The smallest absolute Gasteiger partial charge is 0.152 e. The normalized spacial score (nSPS) is 10.7. The van der Waals surface area contributed by atoms with E-state index in [0.29, 0.717) is 6.42 Å². The van der Waals surface area contributed by atoms with E-state index in [4.69, 9.17) is 46.4 Å². The monoisotopic (exact) mass is 335 g/mol. The van der Waals surface area contributed by atoms with E-state index >= 15 is 0 Å². The quantitative estimate of drug-likeness (QED) is 0.865. The molecule has 19 heavy (non-hydrogen) atoms. The molecule has 0 aromatic heterocycles. The standard InChI is InChI=1S/C13H8Cl4O2/c14-8-2-6(3-9(15)12(8)18)1-7-4-10(16)13(19)11(17)5-7/h2-5,18-19H,1H2/p-1. The Bertz CT molecular complexity index is 539. The van der Waals surface area contributed by atoms with Gasteiger partial charge in [-0.15, -0.1) is 0 Å². The highest BCUT2D eigenvalue weighted by atomic mass is 35.5. The largest absolute Gasteiger partial charge is 0.870 e. The summed E-state index contributed by atoms with van der Waals surface area (Å²) in [6.07, 6.45) is 0.444. The van der Waals surface area contributed by atoms with Crippen molar-refractivity contribution in [1.29, 1.82) is 0 Å². The number of rotatable bonds is 2. The first-order valence-electron chi connectivity index (χ1n) is 5.20. The molecule has 0 bridgehead atoms. The van der Waals surface area contributed by atoms with Crippen molar-refractivity contribution in [2.75, 3.05) is 0 Å². The average molecular weight is 337 g/mol. The van der Waals surface area contributed by atoms with Gasteiger partial charge in [0.1, 0.15) is 0 Å². The van der Waals surface area contributed by atoms with E-state index in [1.54, 1.807) is 24.3 Å². The van der Waals surface area contributed by atoms with Crippen LogP contribution in [0.2, 0.25) is 20.1 Å². The van der Waals surface area contributed by atoms with Crippen LogP contribution in [0.1, 0.15) is 11.1 Å². The predicted octanol–water partition coefficient (Wildman–Crippen LogP) is 4.67. The van der Waals surface area contributed by atoms with Crippen LogP contribution in [0.15, 0.2) is 24.3 Å². The molecule has 2 aromatic rings. The number of aromatic hydroxyl groups is 1. The summed E-state index contributed by atoms with van der Waals surface area (Å²) >= 11 is 23.2. The van der Waals surface area contributed by atoms with Gasteiger partial charge in [-0.1, -0.05) is 52.2 Å². The minimum atomic E-state index is -0.395. The molecule has 0 radical (unpaired) electrons. The van der Waals surface area contributed by atoms with E-state index in [9.17, 15) is 10.2 Å². The third-order valence-corrected chi connectivity index (χ3v) is 3.68. The van der Waals surface area contributed by atoms with Gasteiger partial charge in [-0.25, -0.2) is 0 Å². The summed E-state index contributed by atoms with van der Waals surface area (Å²) in [6, 6.07) is 6.28. The fraction of sp³-hybridized carbons (Fsp3) is 0.0769. The molecule has 0 spiro atoms. The Hall–Kier alpha value is -0.800. The molecule has 1 N–H and O–H groups in total. The molecule has 6 heteroatoms. The van der Waals surface area contributed by atoms with Crippen LogP contribution in [-0.2, 0) is 6.42 Å². The number of benzene rings is 2. The molecule has 0 amide bonds. The Morgan fingerprint density at radius 3 is 1.58 bits per heavy atom. The minimum Gasteiger partial charge on any atom is -0.870 e. The van der Waals surface area contributed by atoms with E-state index in [0.717, 1.165) is 11.1 Å². The van der Waals surface area contributed by atoms with Crippen molar-refractivity contribution in [2.24, 2.45) is 0 Å². The molecule has 0 fully saturated rings. The fourth-order valence-electron chi connectivity index (χ4n) is 1.67. The highest BCUT2D eigenvalue weighted by molar-refractivity contribution is 6.37. The Kier molecular flexibility index (Phi) is 4.36. The van der Waals surface area contributed by atoms with E-state index < -0.39 is 5.75 Å². The van der Waals surface area contributed by atoms with E-state index in [2.05, 4.69) is 0 Å². The second kappa shape index (κ2) is 5.68. The summed E-state index contributed by atoms with van der Waals surface area (Å²) < 4.78 is 0. The molecule has 2 nitrogen and oxygen atoms in total. The zero-order chi connectivity index (χ0) is 14.2. The zero-order valence-corrected chi connectivity index (χ0v) is 12.4. The first kappa shape index (κ1) is 14.6. The summed E-state index contributed by atoms with van der Waals surface area (Å²) in [5.74, 6) is -0.549. The van der Waals surface area contributed by atoms with Gasteiger partial charge < -0.3 is 10.2 Å². The number of hydrogen-bond acceptors (Lipinski definition) is 2. The van der Waals surface area contributed by atoms with Gasteiger partial charge in [0.2, 0.25) is 0 Å². The number of phenolic OH excluding ortho intramolecular Hbond substituents is 1. The average Bonchev–Trinajstić information content (AvgIpc) is 2.33. The van der Waals surface area contributed by atoms with Crippen LogP contribution in [0.5, 0.6) is 11.5 Å². The Morgan fingerprint density at radius 1 is 0.789 bits per heavy atom. The third-order valence-electron chi connectivity index (χ3n) is 2.54. The van der Waals surface area contributed by atoms with Crippen LogP contribution in [-0.4, -0.2) is 5.11 Å². The molecule has 100 valence electrons. The van der Waals surface area contributed by atoms with Crippen LogP contribution in [0.3, 0.4) is 0 Å². The lowest BCUT2D eigenvalue weighted by molar-refractivity contribution is -0.268. The Labute approximate surface area is 130 Å². The van der Waals surface area contributed by atoms with Crippen LogP contribution in [0.25, 0.3) is 0 Å². The van der Waals surface area contributed by atoms with Crippen LogP contribution in [0, 0.1) is 0 Å². The predicted molar refractivity (Wildman–Crippen MR) is 76.8 cm³/mol. The summed E-state index contributed by atoms with van der Waals surface area (Å²) in [5.41, 5.74) is 1.53. The summed E-state index contributed by atoms with van der Waals surface area (Å²) in [6.45, 7) is 0. The van der Waals surface area contributed by atoms with Crippen LogP contribution in [0.4, 0.5) is 0 Å². The summed E-state index contributed by atoms with van der Waals surface area (Å²) in [4.78, 5) is 0. The van der Waals surface area contributed by atoms with Gasteiger partial charge in [-0.3, -0.25) is 0 Å². The third kappa shape index (κ3) is 3.21. The molecule has 0 unspecified atom stereocenters. The van der Waals surface area contributed by atoms with Crippen molar-refractivity contribution in [3.8, 4) is 11.5 Å². The van der Waals surface area contributed by atoms with E-state index in [1.165, 1.54) is 0 Å². The topological polar surface area (TPSA) is 43.3 Å². The van der Waals surface area contributed by atoms with Crippen molar-refractivity contribution >= 4 is 46.4 Å². The number of hydrogen-bond donors (Lipinski definition) is 1. The fourth-order valence-corrected chi connectivity index (χ4v) is 2.73. The van der Waals surface area contributed by atoms with Gasteiger partial charge in [0, 0.05) is 10.0 Å². The molecule has 0 heterocycles. The second-order valence-corrected chi connectivity index (χ2v) is 5.60. The molecular weight excluding hydrogens is 330 g/mol. The SMILES string of the molecule is [O-]c1c(Cl)cc(Cc2cc(Cl)c(O)c(Cl)c2)cc1Cl. The summed E-state index contributed by atoms with van der Waals surface area (Å²) in [5, 5.41) is 21.3. The van der Waals surface area contributed by atoms with Gasteiger partial charge in [-0.05, 0) is 41.8 Å². The van der Waals surface area contributed by atoms with Gasteiger partial charge in [0.25, 0.3) is 0 Å². The number of halogens is 4. The Morgan fingerprint density at radius 2 is 1.16 bits per heavy atom.